The van der Waals surface area contributed by atoms with Crippen LogP contribution in [0.5, 0.6) is 0 Å². The van der Waals surface area contributed by atoms with E-state index in [0.29, 0.717) is 22.4 Å². The molecule has 1 aromatic heterocycles. The number of piperidine rings is 1. The lowest BCUT2D eigenvalue weighted by Crippen LogP contribution is -2.29. The van der Waals surface area contributed by atoms with E-state index in [4.69, 9.17) is 4.74 Å². The monoisotopic (exact) mass is 473 g/mol. The third kappa shape index (κ3) is 4.62. The van der Waals surface area contributed by atoms with E-state index in [1.807, 2.05) is 22.9 Å². The maximum Gasteiger partial charge on any atom is 0.337 e. The minimum atomic E-state index is -0.433. The van der Waals surface area contributed by atoms with Gasteiger partial charge >= 0.3 is 5.97 Å². The lowest BCUT2D eigenvalue weighted by Gasteiger charge is -2.26. The van der Waals surface area contributed by atoms with Crippen LogP contribution in [0.15, 0.2) is 59.3 Å². The highest BCUT2D eigenvalue weighted by molar-refractivity contribution is 7.08. The largest absolute Gasteiger partial charge is 0.465 e. The van der Waals surface area contributed by atoms with Crippen LogP contribution in [0.25, 0.3) is 11.3 Å². The van der Waals surface area contributed by atoms with Crippen molar-refractivity contribution in [2.24, 2.45) is 0 Å². The molecule has 1 saturated heterocycles. The first-order valence-electron chi connectivity index (χ1n) is 11.5. The summed E-state index contributed by atoms with van der Waals surface area (Å²) in [6.45, 7) is 3.20. The Labute approximate surface area is 203 Å². The van der Waals surface area contributed by atoms with Gasteiger partial charge in [-0.1, -0.05) is 18.6 Å². The molecule has 3 aromatic rings. The summed E-state index contributed by atoms with van der Waals surface area (Å²) in [7, 11) is 1.35. The van der Waals surface area contributed by atoms with Crippen molar-refractivity contribution in [2.45, 2.75) is 25.8 Å². The molecule has 2 aliphatic heterocycles. The molecule has 0 unspecified atom stereocenters. The number of nitrogens with one attached hydrogen (secondary N) is 2. The number of anilines is 2. The highest BCUT2D eigenvalue weighted by atomic mass is 32.1. The molecule has 1 amide bonds. The number of methoxy groups -OCH3 is 1. The molecule has 0 saturated carbocycles. The first-order chi connectivity index (χ1) is 16.6. The molecule has 0 aliphatic carbocycles. The number of rotatable bonds is 6. The molecule has 2 aromatic carbocycles. The Kier molecular flexibility index (Phi) is 6.47. The van der Waals surface area contributed by atoms with Crippen molar-refractivity contribution in [3.63, 3.8) is 0 Å². The molecular weight excluding hydrogens is 446 g/mol. The second kappa shape index (κ2) is 9.83. The first-order valence-corrected chi connectivity index (χ1v) is 12.5. The minimum Gasteiger partial charge on any atom is -0.465 e. The van der Waals surface area contributed by atoms with Crippen LogP contribution in [-0.4, -0.2) is 37.0 Å². The Morgan fingerprint density at radius 3 is 2.71 bits per heavy atom. The van der Waals surface area contributed by atoms with Crippen LogP contribution >= 0.6 is 11.3 Å². The molecular formula is C27H27N3O3S. The predicted octanol–water partition coefficient (Wildman–Crippen LogP) is 5.45. The molecule has 2 N–H and O–H groups in total. The summed E-state index contributed by atoms with van der Waals surface area (Å²) >= 11 is 1.57. The molecule has 7 heteroatoms. The van der Waals surface area contributed by atoms with Crippen molar-refractivity contribution >= 4 is 45.9 Å². The quantitative estimate of drug-likeness (QED) is 0.368. The third-order valence-corrected chi connectivity index (χ3v) is 6.98. The maximum absolute atomic E-state index is 13.1. The van der Waals surface area contributed by atoms with Gasteiger partial charge in [0.05, 0.1) is 23.9 Å². The van der Waals surface area contributed by atoms with Crippen LogP contribution in [0.4, 0.5) is 11.4 Å². The number of ether oxygens (including phenoxy) is 1. The number of amides is 1. The van der Waals surface area contributed by atoms with Crippen LogP contribution in [0.2, 0.25) is 0 Å². The van der Waals surface area contributed by atoms with E-state index in [1.165, 1.54) is 31.9 Å². The predicted molar refractivity (Wildman–Crippen MR) is 137 cm³/mol. The van der Waals surface area contributed by atoms with E-state index in [1.54, 1.807) is 29.5 Å². The number of nitrogens with zero attached hydrogens (tertiary/aromatic N) is 1. The highest BCUT2D eigenvalue weighted by Gasteiger charge is 2.29. The summed E-state index contributed by atoms with van der Waals surface area (Å²) in [6.07, 6.45) is 3.83. The SMILES string of the molecule is COC(=O)c1ccc2c(c1)/C(=C(/Nc1cccc(CN3CCCCC3)c1)c1ccsc1)C(=O)N2. The zero-order valence-corrected chi connectivity index (χ0v) is 19.9. The third-order valence-electron chi connectivity index (χ3n) is 6.30. The average molecular weight is 474 g/mol. The van der Waals surface area contributed by atoms with Crippen molar-refractivity contribution < 1.29 is 14.3 Å². The zero-order chi connectivity index (χ0) is 23.5. The van der Waals surface area contributed by atoms with Crippen LogP contribution < -0.4 is 10.6 Å². The molecule has 0 atom stereocenters. The summed E-state index contributed by atoms with van der Waals surface area (Å²) in [5.41, 5.74) is 6.10. The van der Waals surface area contributed by atoms with Crippen molar-refractivity contribution in [3.8, 4) is 0 Å². The van der Waals surface area contributed by atoms with Crippen LogP contribution in [0.3, 0.4) is 0 Å². The molecule has 3 heterocycles. The molecule has 0 bridgehead atoms. The normalized spacial score (nSPS) is 17.1. The Hall–Kier alpha value is -3.42. The molecule has 0 radical (unpaired) electrons. The number of esters is 1. The zero-order valence-electron chi connectivity index (χ0n) is 19.1. The Morgan fingerprint density at radius 1 is 1.09 bits per heavy atom. The smallest absolute Gasteiger partial charge is 0.337 e. The molecule has 174 valence electrons. The number of hydrogen-bond acceptors (Lipinski definition) is 6. The average Bonchev–Trinajstić information content (AvgIpc) is 3.50. The number of carbonyl (C=O) groups excluding carboxylic acids is 2. The van der Waals surface area contributed by atoms with Gasteiger partial charge in [0, 0.05) is 34.4 Å². The second-order valence-electron chi connectivity index (χ2n) is 8.63. The Bertz CT molecular complexity index is 1240. The topological polar surface area (TPSA) is 70.7 Å². The minimum absolute atomic E-state index is 0.199. The fraction of sp³-hybridized carbons (Fsp3) is 0.259. The first kappa shape index (κ1) is 22.4. The van der Waals surface area contributed by atoms with Crippen molar-refractivity contribution in [1.29, 1.82) is 0 Å². The molecule has 2 aliphatic rings. The van der Waals surface area contributed by atoms with E-state index in [-0.39, 0.29) is 5.91 Å². The van der Waals surface area contributed by atoms with Gasteiger partial charge in [0.1, 0.15) is 0 Å². The maximum atomic E-state index is 13.1. The van der Waals surface area contributed by atoms with Gasteiger partial charge in [-0.2, -0.15) is 11.3 Å². The number of fused-ring (bicyclic) bond motifs is 1. The van der Waals surface area contributed by atoms with Gasteiger partial charge < -0.3 is 15.4 Å². The molecule has 6 nitrogen and oxygen atoms in total. The summed E-state index contributed by atoms with van der Waals surface area (Å²) in [5, 5.41) is 10.5. The van der Waals surface area contributed by atoms with E-state index in [9.17, 15) is 9.59 Å². The fourth-order valence-electron chi connectivity index (χ4n) is 4.61. The van der Waals surface area contributed by atoms with Crippen molar-refractivity contribution in [2.75, 3.05) is 30.8 Å². The number of hydrogen-bond donors (Lipinski definition) is 2. The Morgan fingerprint density at radius 2 is 1.94 bits per heavy atom. The van der Waals surface area contributed by atoms with Crippen LogP contribution in [0.1, 0.15) is 46.3 Å². The molecule has 34 heavy (non-hydrogen) atoms. The molecule has 5 rings (SSSR count). The fourth-order valence-corrected chi connectivity index (χ4v) is 5.26. The van der Waals surface area contributed by atoms with Crippen molar-refractivity contribution in [1.82, 2.24) is 4.90 Å². The summed E-state index contributed by atoms with van der Waals surface area (Å²) in [5.74, 6) is -0.632. The summed E-state index contributed by atoms with van der Waals surface area (Å²) in [4.78, 5) is 27.7. The van der Waals surface area contributed by atoms with Gasteiger partial charge in [-0.3, -0.25) is 9.69 Å². The van der Waals surface area contributed by atoms with Gasteiger partial charge in [0.15, 0.2) is 0 Å². The highest BCUT2D eigenvalue weighted by Crippen LogP contribution is 2.38. The number of thiophene rings is 1. The van der Waals surface area contributed by atoms with Crippen LogP contribution in [-0.2, 0) is 16.1 Å². The molecule has 0 spiro atoms. The van der Waals surface area contributed by atoms with Crippen molar-refractivity contribution in [3.05, 3.63) is 81.5 Å². The molecule has 1 fully saturated rings. The summed E-state index contributed by atoms with van der Waals surface area (Å²) in [6, 6.07) is 15.5. The van der Waals surface area contributed by atoms with Gasteiger partial charge in [-0.25, -0.2) is 4.79 Å². The van der Waals surface area contributed by atoms with Gasteiger partial charge in [-0.05, 0) is 73.3 Å². The van der Waals surface area contributed by atoms with Gasteiger partial charge in [-0.15, -0.1) is 0 Å². The standard InChI is InChI=1S/C27H27N3O3S/c1-33-27(32)19-8-9-23-22(15-19)24(26(31)29-23)25(20-10-13-34-17-20)28-21-7-5-6-18(14-21)16-30-11-3-2-4-12-30/h5-10,13-15,17,28H,2-4,11-12,16H2,1H3,(H,29,31)/b25-24-. The van der Waals surface area contributed by atoms with E-state index >= 15 is 0 Å². The summed E-state index contributed by atoms with van der Waals surface area (Å²) < 4.78 is 4.88. The van der Waals surface area contributed by atoms with E-state index in [2.05, 4.69) is 33.7 Å². The Balaban J connectivity index is 1.53. The van der Waals surface area contributed by atoms with Gasteiger partial charge in [0.25, 0.3) is 5.91 Å². The lowest BCUT2D eigenvalue weighted by atomic mass is 9.99. The number of carbonyl (C=O) groups is 2. The second-order valence-corrected chi connectivity index (χ2v) is 9.41. The number of benzene rings is 2. The van der Waals surface area contributed by atoms with E-state index in [0.717, 1.165) is 36.6 Å². The number of likely N-dealkylation sites (tertiary alicyclic amines) is 1. The lowest BCUT2D eigenvalue weighted by molar-refractivity contribution is -0.110. The van der Waals surface area contributed by atoms with Gasteiger partial charge in [0.2, 0.25) is 0 Å². The van der Waals surface area contributed by atoms with Crippen LogP contribution in [0, 0.1) is 0 Å². The van der Waals surface area contributed by atoms with E-state index < -0.39 is 5.97 Å².